The van der Waals surface area contributed by atoms with Crippen LogP contribution in [0.25, 0.3) is 10.6 Å². The van der Waals surface area contributed by atoms with Gasteiger partial charge in [0.05, 0.1) is 27.8 Å². The van der Waals surface area contributed by atoms with Gasteiger partial charge in [0.15, 0.2) is 5.84 Å². The van der Waals surface area contributed by atoms with Gasteiger partial charge in [-0.05, 0) is 37.1 Å². The fourth-order valence-electron chi connectivity index (χ4n) is 3.33. The zero-order valence-corrected chi connectivity index (χ0v) is 19.8. The lowest BCUT2D eigenvalue weighted by molar-refractivity contribution is -0.137. The first-order valence-electron chi connectivity index (χ1n) is 10.6. The molecule has 1 aromatic heterocycles. The number of hydrogen-bond donors (Lipinski definition) is 2. The summed E-state index contributed by atoms with van der Waals surface area (Å²) >= 11 is 1.36. The highest BCUT2D eigenvalue weighted by atomic mass is 32.2. The van der Waals surface area contributed by atoms with Crippen LogP contribution in [0.5, 0.6) is 0 Å². The van der Waals surface area contributed by atoms with E-state index in [4.69, 9.17) is 4.84 Å². The number of aliphatic hydroxyl groups is 1. The van der Waals surface area contributed by atoms with Crippen molar-refractivity contribution in [2.75, 3.05) is 0 Å². The Balaban J connectivity index is 1.54. The molecule has 2 atom stereocenters. The van der Waals surface area contributed by atoms with Crippen molar-refractivity contribution in [2.45, 2.75) is 49.4 Å². The first-order chi connectivity index (χ1) is 16.2. The Kier molecular flexibility index (Phi) is 7.46. The van der Waals surface area contributed by atoms with E-state index in [-0.39, 0.29) is 5.75 Å². The number of nitrogens with one attached hydrogen (secondary N) is 1. The standard InChI is InChI=1S/C23H22F3N3O3S2/c1-2-3-4-18-19(33-21(27-18)15-5-9-16(10-6-15)23(24,25)26)13-34(31)17-11-7-14(8-12-17)20-28-22(30)32-29-20/h5-12,22,30H,2-4,13H2,1H3,(H,28,29). The quantitative estimate of drug-likeness (QED) is 0.445. The molecule has 3 aromatic rings. The Morgan fingerprint density at radius 3 is 2.38 bits per heavy atom. The number of halogens is 3. The molecule has 0 fully saturated rings. The van der Waals surface area contributed by atoms with Crippen LogP contribution < -0.4 is 5.48 Å². The fourth-order valence-corrected chi connectivity index (χ4v) is 5.81. The molecule has 34 heavy (non-hydrogen) atoms. The third-order valence-corrected chi connectivity index (χ3v) is 7.84. The number of rotatable bonds is 8. The van der Waals surface area contributed by atoms with Gasteiger partial charge in [-0.15, -0.1) is 11.3 Å². The van der Waals surface area contributed by atoms with Gasteiger partial charge in [0, 0.05) is 20.9 Å². The fraction of sp³-hybridized carbons (Fsp3) is 0.304. The lowest BCUT2D eigenvalue weighted by Crippen LogP contribution is -2.19. The smallest absolute Gasteiger partial charge is 0.348 e. The van der Waals surface area contributed by atoms with E-state index in [1.165, 1.54) is 23.5 Å². The van der Waals surface area contributed by atoms with Crippen LogP contribution in [-0.2, 0) is 34.0 Å². The highest BCUT2D eigenvalue weighted by Gasteiger charge is 2.30. The highest BCUT2D eigenvalue weighted by Crippen LogP contribution is 2.34. The second-order valence-electron chi connectivity index (χ2n) is 7.61. The molecule has 0 saturated carbocycles. The predicted molar refractivity (Wildman–Crippen MR) is 124 cm³/mol. The molecule has 0 bridgehead atoms. The topological polar surface area (TPSA) is 83.8 Å². The van der Waals surface area contributed by atoms with Crippen LogP contribution in [0.3, 0.4) is 0 Å². The number of aliphatic imine (C=N–C) groups is 1. The summed E-state index contributed by atoms with van der Waals surface area (Å²) in [5, 5.41) is 9.93. The maximum atomic E-state index is 13.1. The molecular weight excluding hydrogens is 487 g/mol. The number of aryl methyl sites for hydroxylation is 1. The summed E-state index contributed by atoms with van der Waals surface area (Å²) in [7, 11) is -1.34. The third-order valence-electron chi connectivity index (χ3n) is 5.16. The molecule has 0 amide bonds. The van der Waals surface area contributed by atoms with Gasteiger partial charge in [-0.3, -0.25) is 4.21 Å². The number of aliphatic hydroxyl groups excluding tert-OH is 1. The third kappa shape index (κ3) is 5.72. The molecule has 6 nitrogen and oxygen atoms in total. The van der Waals surface area contributed by atoms with Crippen molar-refractivity contribution >= 4 is 28.0 Å². The van der Waals surface area contributed by atoms with Crippen LogP contribution in [0.15, 0.2) is 58.4 Å². The van der Waals surface area contributed by atoms with Crippen LogP contribution >= 0.6 is 11.3 Å². The normalized spacial score (nSPS) is 16.9. The zero-order valence-electron chi connectivity index (χ0n) is 18.1. The number of benzene rings is 2. The van der Waals surface area contributed by atoms with Crippen molar-refractivity contribution in [3.63, 3.8) is 0 Å². The zero-order chi connectivity index (χ0) is 24.3. The summed E-state index contributed by atoms with van der Waals surface area (Å²) in [6, 6.07) is 11.9. The molecule has 1 aliphatic rings. The number of thiazole rings is 1. The monoisotopic (exact) mass is 509 g/mol. The Morgan fingerprint density at radius 2 is 1.79 bits per heavy atom. The summed E-state index contributed by atoms with van der Waals surface area (Å²) in [6.45, 7) is 2.07. The predicted octanol–water partition coefficient (Wildman–Crippen LogP) is 5.04. The average Bonchev–Trinajstić information content (AvgIpc) is 3.43. The van der Waals surface area contributed by atoms with E-state index >= 15 is 0 Å². The molecule has 4 rings (SSSR count). The SMILES string of the molecule is CCCCc1nc(-c2ccc(C(F)(F)F)cc2)sc1CS(=O)c1ccc(C2=NC(O)ON2)cc1. The summed E-state index contributed by atoms with van der Waals surface area (Å²) in [5.74, 6) is 0.646. The van der Waals surface area contributed by atoms with E-state index in [0.717, 1.165) is 35.5 Å². The van der Waals surface area contributed by atoms with E-state index in [1.807, 2.05) is 0 Å². The van der Waals surface area contributed by atoms with Crippen molar-refractivity contribution in [2.24, 2.45) is 4.99 Å². The molecule has 2 unspecified atom stereocenters. The molecule has 2 N–H and O–H groups in total. The summed E-state index contributed by atoms with van der Waals surface area (Å²) in [6.07, 6.45) is -3.05. The molecule has 11 heteroatoms. The largest absolute Gasteiger partial charge is 0.416 e. The van der Waals surface area contributed by atoms with Gasteiger partial charge in [-0.1, -0.05) is 37.6 Å². The minimum absolute atomic E-state index is 0.262. The van der Waals surface area contributed by atoms with Crippen molar-refractivity contribution in [3.8, 4) is 10.6 Å². The van der Waals surface area contributed by atoms with Crippen LogP contribution in [0.4, 0.5) is 13.2 Å². The molecule has 0 radical (unpaired) electrons. The maximum absolute atomic E-state index is 13.1. The average molecular weight is 510 g/mol. The number of aromatic nitrogens is 1. The van der Waals surface area contributed by atoms with Crippen molar-refractivity contribution in [3.05, 3.63) is 70.2 Å². The van der Waals surface area contributed by atoms with E-state index in [0.29, 0.717) is 33.3 Å². The Bertz CT molecular complexity index is 1190. The minimum atomic E-state index is -4.39. The summed E-state index contributed by atoms with van der Waals surface area (Å²) in [4.78, 5) is 14.8. The van der Waals surface area contributed by atoms with Gasteiger partial charge in [0.1, 0.15) is 5.01 Å². The maximum Gasteiger partial charge on any atom is 0.416 e. The molecule has 0 spiro atoms. The number of hydrogen-bond acceptors (Lipinski definition) is 7. The Hall–Kier alpha value is -2.60. The Morgan fingerprint density at radius 1 is 1.12 bits per heavy atom. The molecule has 180 valence electrons. The highest BCUT2D eigenvalue weighted by molar-refractivity contribution is 7.84. The summed E-state index contributed by atoms with van der Waals surface area (Å²) in [5.41, 5.74) is 3.94. The van der Waals surface area contributed by atoms with E-state index in [2.05, 4.69) is 22.4 Å². The van der Waals surface area contributed by atoms with Gasteiger partial charge in [0.2, 0.25) is 0 Å². The molecular formula is C23H22F3N3O3S2. The molecule has 0 saturated heterocycles. The number of hydroxylamine groups is 1. The second-order valence-corrected chi connectivity index (χ2v) is 10.1. The van der Waals surface area contributed by atoms with E-state index < -0.39 is 29.0 Å². The van der Waals surface area contributed by atoms with Crippen molar-refractivity contribution < 1.29 is 27.3 Å². The minimum Gasteiger partial charge on any atom is -0.348 e. The molecule has 2 heterocycles. The van der Waals surface area contributed by atoms with Crippen LogP contribution in [0.1, 0.15) is 41.5 Å². The second kappa shape index (κ2) is 10.3. The number of amidine groups is 1. The van der Waals surface area contributed by atoms with Gasteiger partial charge in [-0.25, -0.2) is 20.3 Å². The Labute approximate surface area is 200 Å². The molecule has 1 aliphatic heterocycles. The molecule has 2 aromatic carbocycles. The van der Waals surface area contributed by atoms with Gasteiger partial charge < -0.3 is 5.11 Å². The van der Waals surface area contributed by atoms with Crippen molar-refractivity contribution in [1.82, 2.24) is 10.5 Å². The first-order valence-corrected chi connectivity index (χ1v) is 12.7. The number of alkyl halides is 3. The van der Waals surface area contributed by atoms with Gasteiger partial charge in [-0.2, -0.15) is 13.2 Å². The van der Waals surface area contributed by atoms with Crippen LogP contribution in [0.2, 0.25) is 0 Å². The molecule has 0 aliphatic carbocycles. The van der Waals surface area contributed by atoms with Gasteiger partial charge in [0.25, 0.3) is 6.41 Å². The lowest BCUT2D eigenvalue weighted by Gasteiger charge is -2.06. The lowest BCUT2D eigenvalue weighted by atomic mass is 10.1. The first kappa shape index (κ1) is 24.5. The van der Waals surface area contributed by atoms with Crippen LogP contribution in [0, 0.1) is 0 Å². The van der Waals surface area contributed by atoms with E-state index in [1.54, 1.807) is 24.3 Å². The van der Waals surface area contributed by atoms with Crippen LogP contribution in [-0.4, -0.2) is 26.5 Å². The number of nitrogens with zero attached hydrogens (tertiary/aromatic N) is 2. The van der Waals surface area contributed by atoms with Crippen molar-refractivity contribution in [1.29, 1.82) is 0 Å². The number of unbranched alkanes of at least 4 members (excludes halogenated alkanes) is 1. The van der Waals surface area contributed by atoms with Gasteiger partial charge >= 0.3 is 6.18 Å². The summed E-state index contributed by atoms with van der Waals surface area (Å²) < 4.78 is 51.7. The van der Waals surface area contributed by atoms with E-state index in [9.17, 15) is 22.5 Å².